The molecular weight excluding hydrogens is 677 g/mol. The van der Waals surface area contributed by atoms with Crippen molar-refractivity contribution in [3.05, 3.63) is 72.4 Å². The second kappa shape index (κ2) is 11.1. The lowest BCUT2D eigenvalue weighted by atomic mass is 9.78. The molecule has 0 amide bonds. The maximum Gasteiger partial charge on any atom is 0.419 e. The molecule has 0 aliphatic heterocycles. The van der Waals surface area contributed by atoms with Crippen LogP contribution >= 0.6 is 34.4 Å². The second-order valence-electron chi connectivity index (χ2n) is 11.8. The Kier molecular flexibility index (Phi) is 6.81. The van der Waals surface area contributed by atoms with E-state index in [1.165, 1.54) is 17.5 Å². The summed E-state index contributed by atoms with van der Waals surface area (Å²) in [5.74, 6) is -3.91. The number of aromatic nitrogens is 4. The summed E-state index contributed by atoms with van der Waals surface area (Å²) in [6.07, 6.45) is -2.82. The Bertz CT molecular complexity index is 2500. The highest BCUT2D eigenvalue weighted by Crippen LogP contribution is 2.47. The van der Waals surface area contributed by atoms with Gasteiger partial charge in [0.15, 0.2) is 0 Å². The predicted molar refractivity (Wildman–Crippen MR) is 182 cm³/mol. The van der Waals surface area contributed by atoms with Crippen LogP contribution in [0.2, 0.25) is 0 Å². The molecule has 0 N–H and O–H groups in total. The molecule has 238 valence electrons. The molecule has 4 atom stereocenters. The number of fused-ring (bicyclic) bond motifs is 7. The van der Waals surface area contributed by atoms with Crippen molar-refractivity contribution in [3.8, 4) is 10.6 Å². The molecule has 14 heteroatoms. The van der Waals surface area contributed by atoms with Crippen LogP contribution in [0.1, 0.15) is 18.4 Å². The summed E-state index contributed by atoms with van der Waals surface area (Å²) >= 11 is 3.98. The number of ether oxygens (including phenoxy) is 1. The molecule has 2 fully saturated rings. The zero-order chi connectivity index (χ0) is 32.7. The molecule has 7 aromatic rings. The van der Waals surface area contributed by atoms with Gasteiger partial charge in [-0.05, 0) is 24.1 Å². The van der Waals surface area contributed by atoms with Crippen LogP contribution < -0.4 is 0 Å². The summed E-state index contributed by atoms with van der Waals surface area (Å²) in [6, 6.07) is 19.3. The number of rotatable bonds is 4. The summed E-state index contributed by atoms with van der Waals surface area (Å²) in [5, 5.41) is 0.949. The number of ketones is 2. The fourth-order valence-corrected chi connectivity index (χ4v) is 9.87. The zero-order valence-corrected chi connectivity index (χ0v) is 27.1. The van der Waals surface area contributed by atoms with Crippen molar-refractivity contribution in [2.75, 3.05) is 0 Å². The normalized spacial score (nSPS) is 22.1. The van der Waals surface area contributed by atoms with Gasteiger partial charge in [0.2, 0.25) is 11.6 Å². The van der Waals surface area contributed by atoms with Gasteiger partial charge in [0.25, 0.3) is 0 Å². The minimum atomic E-state index is -1.73. The van der Waals surface area contributed by atoms with Gasteiger partial charge in [-0.1, -0.05) is 48.5 Å². The van der Waals surface area contributed by atoms with Crippen LogP contribution in [-0.2, 0) is 20.9 Å². The van der Waals surface area contributed by atoms with Crippen LogP contribution in [0.15, 0.2) is 71.9 Å². The number of carbonyl (C=O) groups is 3. The molecule has 0 radical (unpaired) electrons. The van der Waals surface area contributed by atoms with Crippen molar-refractivity contribution in [2.24, 2.45) is 16.8 Å². The number of Topliss-reactive ketones (excluding diaryl/α,β-unsaturated/α-hetero) is 2. The van der Waals surface area contributed by atoms with Crippen LogP contribution in [0.3, 0.4) is 0 Å². The Morgan fingerprint density at radius 1 is 0.979 bits per heavy atom. The predicted octanol–water partition coefficient (Wildman–Crippen LogP) is 8.25. The van der Waals surface area contributed by atoms with E-state index in [-0.39, 0.29) is 24.4 Å². The third-order valence-corrected chi connectivity index (χ3v) is 12.0. The summed E-state index contributed by atoms with van der Waals surface area (Å²) in [4.78, 5) is 49.1. The van der Waals surface area contributed by atoms with Gasteiger partial charge in [0.05, 0.1) is 54.9 Å². The van der Waals surface area contributed by atoms with Crippen LogP contribution in [0.25, 0.3) is 52.1 Å². The average molecular weight is 698 g/mol. The van der Waals surface area contributed by atoms with Crippen molar-refractivity contribution >= 4 is 105 Å². The SMILES string of the molecule is O=C1C(=O)C2C(F)CC(F)CC2C1=Nc1cnc(-c2cc3c(s2)c2sc4ccccc4c2n3C(=O)OCc2ccccc2)c2nsnc12. The number of nitrogens with zero attached hydrogens (tertiary/aromatic N) is 5. The van der Waals surface area contributed by atoms with Gasteiger partial charge in [0, 0.05) is 22.4 Å². The summed E-state index contributed by atoms with van der Waals surface area (Å²) in [7, 11) is 0. The van der Waals surface area contributed by atoms with E-state index in [9.17, 15) is 23.2 Å². The van der Waals surface area contributed by atoms with Crippen molar-refractivity contribution < 1.29 is 27.9 Å². The minimum Gasteiger partial charge on any atom is -0.444 e. The van der Waals surface area contributed by atoms with Gasteiger partial charge in [-0.15, -0.1) is 22.7 Å². The molecule has 5 heterocycles. The van der Waals surface area contributed by atoms with E-state index in [0.717, 1.165) is 47.2 Å². The third-order valence-electron chi connectivity index (χ3n) is 9.01. The van der Waals surface area contributed by atoms with E-state index in [4.69, 9.17) is 4.74 Å². The Morgan fingerprint density at radius 2 is 1.77 bits per heavy atom. The Hall–Kier alpha value is -4.79. The highest BCUT2D eigenvalue weighted by atomic mass is 32.1. The largest absolute Gasteiger partial charge is 0.444 e. The summed E-state index contributed by atoms with van der Waals surface area (Å²) < 4.78 is 48.2. The topological polar surface area (TPSA) is 116 Å². The van der Waals surface area contributed by atoms with Gasteiger partial charge in [-0.3, -0.25) is 14.6 Å². The number of benzene rings is 2. The molecule has 48 heavy (non-hydrogen) atoms. The second-order valence-corrected chi connectivity index (χ2v) is 14.5. The first kappa shape index (κ1) is 29.4. The molecule has 9 nitrogen and oxygen atoms in total. The van der Waals surface area contributed by atoms with Crippen molar-refractivity contribution in [1.29, 1.82) is 0 Å². The molecule has 0 spiro atoms. The number of alkyl halides is 2. The Morgan fingerprint density at radius 3 is 2.62 bits per heavy atom. The van der Waals surface area contributed by atoms with Crippen molar-refractivity contribution in [2.45, 2.75) is 31.8 Å². The average Bonchev–Trinajstić information content (AvgIpc) is 3.90. The van der Waals surface area contributed by atoms with Crippen molar-refractivity contribution in [1.82, 2.24) is 18.3 Å². The maximum absolute atomic E-state index is 14.7. The fraction of sp³-hybridized carbons (Fsp3) is 0.206. The van der Waals surface area contributed by atoms with Gasteiger partial charge in [0.1, 0.15) is 41.4 Å². The molecule has 0 bridgehead atoms. The van der Waals surface area contributed by atoms with Gasteiger partial charge in [-0.25, -0.2) is 23.1 Å². The van der Waals surface area contributed by atoms with E-state index in [1.54, 1.807) is 15.9 Å². The molecule has 4 unspecified atom stereocenters. The van der Waals surface area contributed by atoms with E-state index >= 15 is 0 Å². The molecule has 5 aromatic heterocycles. The highest BCUT2D eigenvalue weighted by Gasteiger charge is 2.54. The van der Waals surface area contributed by atoms with Crippen LogP contribution in [0.4, 0.5) is 19.3 Å². The first-order chi connectivity index (χ1) is 23.4. The zero-order valence-electron chi connectivity index (χ0n) is 24.6. The van der Waals surface area contributed by atoms with Crippen LogP contribution in [0.5, 0.6) is 0 Å². The Labute approximate surface area is 281 Å². The molecule has 9 rings (SSSR count). The molecule has 2 saturated carbocycles. The van der Waals surface area contributed by atoms with E-state index < -0.39 is 48.3 Å². The third kappa shape index (κ3) is 4.46. The molecule has 2 aliphatic carbocycles. The smallest absolute Gasteiger partial charge is 0.419 e. The van der Waals surface area contributed by atoms with Crippen molar-refractivity contribution in [3.63, 3.8) is 0 Å². The van der Waals surface area contributed by atoms with E-state index in [1.807, 2.05) is 60.7 Å². The molecule has 2 aliphatic rings. The first-order valence-electron chi connectivity index (χ1n) is 15.1. The standard InChI is InChI=1S/C34H21F2N5O4S3/c35-16-10-18-24(19(36)11-16)30(42)31(43)25(18)38-20-13-37-27(28-26(20)39-48-40-28)23-12-21-32(47-23)33-29(17-8-4-5-9-22(17)46-33)41(21)34(44)45-14-15-6-2-1-3-7-15/h1-9,12-13,16,18-19,24H,10-11,14H2. The quantitative estimate of drug-likeness (QED) is 0.170. The fourth-order valence-electron chi connectivity index (χ4n) is 6.85. The number of pyridine rings is 1. The first-order valence-corrected chi connectivity index (χ1v) is 17.5. The monoisotopic (exact) mass is 697 g/mol. The number of halogens is 2. The molecule has 0 saturated heterocycles. The van der Waals surface area contributed by atoms with E-state index in [0.29, 0.717) is 22.2 Å². The number of thiophene rings is 2. The summed E-state index contributed by atoms with van der Waals surface area (Å²) in [6.45, 7) is 0.115. The van der Waals surface area contributed by atoms with Crippen LogP contribution in [-0.4, -0.2) is 54.0 Å². The summed E-state index contributed by atoms with van der Waals surface area (Å²) in [5.41, 5.74) is 3.62. The molecule has 2 aromatic carbocycles. The molecular formula is C34H21F2N5O4S3. The van der Waals surface area contributed by atoms with Gasteiger partial charge in [-0.2, -0.15) is 8.75 Å². The van der Waals surface area contributed by atoms with E-state index in [2.05, 4.69) is 18.7 Å². The number of hydrogen-bond donors (Lipinski definition) is 0. The van der Waals surface area contributed by atoms with Gasteiger partial charge >= 0.3 is 6.09 Å². The van der Waals surface area contributed by atoms with Crippen LogP contribution in [0, 0.1) is 11.8 Å². The van der Waals surface area contributed by atoms with Gasteiger partial charge < -0.3 is 4.74 Å². The number of aliphatic imine (C=N–C) groups is 1. The number of hydrogen-bond acceptors (Lipinski definition) is 11. The lowest BCUT2D eigenvalue weighted by Crippen LogP contribution is -2.36. The Balaban J connectivity index is 1.15. The minimum absolute atomic E-state index is 0.115. The lowest BCUT2D eigenvalue weighted by Gasteiger charge is -2.28. The maximum atomic E-state index is 14.7. The highest BCUT2D eigenvalue weighted by molar-refractivity contribution is 7.32. The lowest BCUT2D eigenvalue weighted by molar-refractivity contribution is -0.136. The number of carbonyl (C=O) groups excluding carboxylic acids is 3.